The van der Waals surface area contributed by atoms with Crippen LogP contribution in [0.5, 0.6) is 0 Å². The number of nitrogens with zero attached hydrogens (tertiary/aromatic N) is 2. The SMILES string of the molecule is C=C1CN(C2=C(C)/C(=C/O)NCCC/C=C\2)CC/C1=C/N=C(C)Nc1ccccc1. The van der Waals surface area contributed by atoms with E-state index in [0.29, 0.717) is 0 Å². The minimum Gasteiger partial charge on any atom is -0.513 e. The van der Waals surface area contributed by atoms with Crippen LogP contribution in [0.4, 0.5) is 5.69 Å². The van der Waals surface area contributed by atoms with Gasteiger partial charge >= 0.3 is 0 Å². The zero-order chi connectivity index (χ0) is 21.3. The predicted molar refractivity (Wildman–Crippen MR) is 126 cm³/mol. The highest BCUT2D eigenvalue weighted by Crippen LogP contribution is 2.27. The van der Waals surface area contributed by atoms with Crippen molar-refractivity contribution in [1.82, 2.24) is 10.2 Å². The van der Waals surface area contributed by atoms with Crippen molar-refractivity contribution in [2.45, 2.75) is 33.1 Å². The predicted octanol–water partition coefficient (Wildman–Crippen LogP) is 5.28. The number of hydrogen-bond donors (Lipinski definition) is 3. The molecule has 5 nitrogen and oxygen atoms in total. The molecule has 0 spiro atoms. The van der Waals surface area contributed by atoms with Gasteiger partial charge in [-0.2, -0.15) is 0 Å². The van der Waals surface area contributed by atoms with Gasteiger partial charge in [-0.15, -0.1) is 0 Å². The van der Waals surface area contributed by atoms with E-state index in [2.05, 4.69) is 46.2 Å². The van der Waals surface area contributed by atoms with Crippen LogP contribution in [0.15, 0.2) is 94.6 Å². The van der Waals surface area contributed by atoms with E-state index in [1.54, 1.807) is 0 Å². The smallest absolute Gasteiger partial charge is 0.103 e. The molecule has 3 N–H and O–H groups in total. The van der Waals surface area contributed by atoms with Gasteiger partial charge in [-0.05, 0) is 68.0 Å². The summed E-state index contributed by atoms with van der Waals surface area (Å²) >= 11 is 0. The van der Waals surface area contributed by atoms with E-state index in [1.807, 2.05) is 43.5 Å². The fourth-order valence-corrected chi connectivity index (χ4v) is 3.66. The van der Waals surface area contributed by atoms with Gasteiger partial charge in [-0.1, -0.05) is 30.9 Å². The first-order chi connectivity index (χ1) is 14.6. The summed E-state index contributed by atoms with van der Waals surface area (Å²) in [5, 5.41) is 16.3. The Morgan fingerprint density at radius 3 is 2.83 bits per heavy atom. The van der Waals surface area contributed by atoms with Crippen molar-refractivity contribution in [3.63, 3.8) is 0 Å². The Hall–Kier alpha value is -3.21. The number of hydrogen-bond acceptors (Lipinski definition) is 4. The molecule has 1 fully saturated rings. The van der Waals surface area contributed by atoms with Crippen molar-refractivity contribution in [2.24, 2.45) is 4.99 Å². The molecule has 30 heavy (non-hydrogen) atoms. The van der Waals surface area contributed by atoms with Crippen molar-refractivity contribution < 1.29 is 5.11 Å². The Labute approximate surface area is 179 Å². The zero-order valence-corrected chi connectivity index (χ0v) is 18.0. The molecule has 158 valence electrons. The zero-order valence-electron chi connectivity index (χ0n) is 18.0. The summed E-state index contributed by atoms with van der Waals surface area (Å²) < 4.78 is 0. The summed E-state index contributed by atoms with van der Waals surface area (Å²) in [5.74, 6) is 0.852. The number of para-hydroxylation sites is 1. The molecule has 1 aromatic carbocycles. The number of aliphatic hydroxyl groups is 1. The van der Waals surface area contributed by atoms with Crippen molar-refractivity contribution in [2.75, 3.05) is 25.0 Å². The van der Waals surface area contributed by atoms with Crippen LogP contribution in [-0.4, -0.2) is 35.5 Å². The number of piperidine rings is 1. The fraction of sp³-hybridized carbons (Fsp3) is 0.320. The van der Waals surface area contributed by atoms with E-state index < -0.39 is 0 Å². The fourth-order valence-electron chi connectivity index (χ4n) is 3.66. The molecule has 1 saturated heterocycles. The highest BCUT2D eigenvalue weighted by Gasteiger charge is 2.21. The molecule has 0 unspecified atom stereocenters. The summed E-state index contributed by atoms with van der Waals surface area (Å²) in [5.41, 5.74) is 6.26. The Kier molecular flexibility index (Phi) is 7.55. The lowest BCUT2D eigenvalue weighted by atomic mass is 9.98. The van der Waals surface area contributed by atoms with Gasteiger partial charge in [-0.3, -0.25) is 0 Å². The monoisotopic (exact) mass is 404 g/mol. The molecular weight excluding hydrogens is 372 g/mol. The van der Waals surface area contributed by atoms with E-state index in [4.69, 9.17) is 0 Å². The molecule has 1 aromatic rings. The van der Waals surface area contributed by atoms with E-state index >= 15 is 0 Å². The molecule has 0 bridgehead atoms. The first-order valence-electron chi connectivity index (χ1n) is 10.5. The van der Waals surface area contributed by atoms with E-state index in [0.717, 1.165) is 73.0 Å². The number of nitrogens with one attached hydrogen (secondary N) is 2. The molecule has 5 heteroatoms. The minimum atomic E-state index is 0.752. The van der Waals surface area contributed by atoms with Crippen molar-refractivity contribution in [3.05, 3.63) is 89.6 Å². The number of aliphatic hydroxyl groups excluding tert-OH is 1. The second kappa shape index (κ2) is 10.5. The molecule has 0 atom stereocenters. The quantitative estimate of drug-likeness (QED) is 0.365. The van der Waals surface area contributed by atoms with Crippen LogP contribution < -0.4 is 10.6 Å². The Balaban J connectivity index is 1.71. The first kappa shape index (κ1) is 21.5. The van der Waals surface area contributed by atoms with Crippen LogP contribution in [0, 0.1) is 0 Å². The van der Waals surface area contributed by atoms with Crippen LogP contribution in [0.25, 0.3) is 0 Å². The highest BCUT2D eigenvalue weighted by molar-refractivity contribution is 5.93. The average Bonchev–Trinajstić information content (AvgIpc) is 2.84. The third kappa shape index (κ3) is 5.66. The van der Waals surface area contributed by atoms with E-state index in [1.165, 1.54) is 11.8 Å². The third-order valence-corrected chi connectivity index (χ3v) is 5.40. The van der Waals surface area contributed by atoms with E-state index in [9.17, 15) is 5.11 Å². The Morgan fingerprint density at radius 1 is 1.30 bits per heavy atom. The number of benzene rings is 1. The highest BCUT2D eigenvalue weighted by atomic mass is 16.2. The van der Waals surface area contributed by atoms with Gasteiger partial charge < -0.3 is 20.6 Å². The number of allylic oxidation sites excluding steroid dienone is 3. The van der Waals surface area contributed by atoms with Crippen molar-refractivity contribution in [3.8, 4) is 0 Å². The van der Waals surface area contributed by atoms with Crippen molar-refractivity contribution in [1.29, 1.82) is 0 Å². The van der Waals surface area contributed by atoms with Gasteiger partial charge in [0.1, 0.15) is 12.1 Å². The molecule has 0 aliphatic carbocycles. The normalized spacial score (nSPS) is 24.8. The lowest BCUT2D eigenvalue weighted by molar-refractivity contribution is 0.364. The maximum atomic E-state index is 9.66. The summed E-state index contributed by atoms with van der Waals surface area (Å²) in [6.45, 7) is 10.8. The Morgan fingerprint density at radius 2 is 2.10 bits per heavy atom. The maximum absolute atomic E-state index is 9.66. The number of rotatable bonds is 3. The minimum absolute atomic E-state index is 0.752. The van der Waals surface area contributed by atoms with Gasteiger partial charge in [0.25, 0.3) is 0 Å². The number of likely N-dealkylation sites (tertiary alicyclic amines) is 1. The van der Waals surface area contributed by atoms with Crippen molar-refractivity contribution >= 4 is 11.5 Å². The first-order valence-corrected chi connectivity index (χ1v) is 10.5. The summed E-state index contributed by atoms with van der Waals surface area (Å²) in [4.78, 5) is 6.93. The van der Waals surface area contributed by atoms with Gasteiger partial charge in [0, 0.05) is 37.2 Å². The molecule has 3 rings (SSSR count). The summed E-state index contributed by atoms with van der Waals surface area (Å²) in [7, 11) is 0. The van der Waals surface area contributed by atoms with Gasteiger partial charge in [-0.25, -0.2) is 4.99 Å². The molecule has 0 saturated carbocycles. The molecule has 2 aliphatic heterocycles. The number of anilines is 1. The topological polar surface area (TPSA) is 59.9 Å². The second-order valence-electron chi connectivity index (χ2n) is 7.66. The van der Waals surface area contributed by atoms with Gasteiger partial charge in [0.15, 0.2) is 0 Å². The molecular formula is C25H32N4O. The lowest BCUT2D eigenvalue weighted by Crippen LogP contribution is -2.32. The largest absolute Gasteiger partial charge is 0.513 e. The molecule has 0 radical (unpaired) electrons. The third-order valence-electron chi connectivity index (χ3n) is 5.40. The summed E-state index contributed by atoms with van der Waals surface area (Å²) in [6, 6.07) is 10.0. The molecule has 0 aromatic heterocycles. The van der Waals surface area contributed by atoms with Crippen LogP contribution in [0.1, 0.15) is 33.1 Å². The van der Waals surface area contributed by atoms with Crippen LogP contribution >= 0.6 is 0 Å². The summed E-state index contributed by atoms with van der Waals surface area (Å²) in [6.07, 6.45) is 10.5. The average molecular weight is 405 g/mol. The van der Waals surface area contributed by atoms with E-state index in [-0.39, 0.29) is 0 Å². The van der Waals surface area contributed by atoms with Crippen LogP contribution in [0.3, 0.4) is 0 Å². The van der Waals surface area contributed by atoms with Crippen LogP contribution in [-0.2, 0) is 0 Å². The lowest BCUT2D eigenvalue weighted by Gasteiger charge is -2.34. The number of aliphatic imine (C=N–C) groups is 1. The Bertz CT molecular complexity index is 906. The number of amidine groups is 1. The second-order valence-corrected chi connectivity index (χ2v) is 7.66. The standard InChI is InChI=1S/C25H32N4O/c1-19-17-29(25-12-8-5-9-14-26-24(18-30)20(25)2)15-13-22(19)16-27-21(3)28-23-10-6-4-7-11-23/h4,6-8,10-12,16,18,26,30H,1,5,9,13-15,17H2,2-3H3,(H,27,28)/b12-8-,22-16-,24-18-,25-20+. The van der Waals surface area contributed by atoms with Gasteiger partial charge in [0.2, 0.25) is 0 Å². The van der Waals surface area contributed by atoms with Crippen LogP contribution in [0.2, 0.25) is 0 Å². The van der Waals surface area contributed by atoms with Gasteiger partial charge in [0.05, 0.1) is 5.70 Å². The molecule has 0 amide bonds. The molecule has 2 aliphatic rings. The maximum Gasteiger partial charge on any atom is 0.103 e. The molecule has 2 heterocycles.